The van der Waals surface area contributed by atoms with Gasteiger partial charge in [0.15, 0.2) is 5.11 Å². The molecule has 0 radical (unpaired) electrons. The zero-order valence-corrected chi connectivity index (χ0v) is 12.6. The van der Waals surface area contributed by atoms with Crippen LogP contribution in [0, 0.1) is 13.8 Å². The van der Waals surface area contributed by atoms with Crippen LogP contribution < -0.4 is 10.6 Å². The van der Waals surface area contributed by atoms with E-state index in [1.165, 1.54) is 5.69 Å². The van der Waals surface area contributed by atoms with Crippen LogP contribution in [-0.4, -0.2) is 27.5 Å². The van der Waals surface area contributed by atoms with Gasteiger partial charge in [-0.1, -0.05) is 6.92 Å². The molecule has 0 amide bonds. The van der Waals surface area contributed by atoms with Crippen molar-refractivity contribution in [1.82, 2.24) is 20.4 Å². The second-order valence-electron chi connectivity index (χ2n) is 4.71. The highest BCUT2D eigenvalue weighted by molar-refractivity contribution is 7.80. The lowest BCUT2D eigenvalue weighted by molar-refractivity contribution is 0.553. The lowest BCUT2D eigenvalue weighted by Gasteiger charge is -2.15. The summed E-state index contributed by atoms with van der Waals surface area (Å²) in [5.41, 5.74) is 2.29. The predicted octanol–water partition coefficient (Wildman–Crippen LogP) is 2.15. The molecule has 0 fully saturated rings. The number of hydrogen-bond donors (Lipinski definition) is 2. The zero-order valence-electron chi connectivity index (χ0n) is 11.8. The lowest BCUT2D eigenvalue weighted by Crippen LogP contribution is -2.40. The van der Waals surface area contributed by atoms with E-state index in [1.54, 1.807) is 0 Å². The molecule has 5 heteroatoms. The Labute approximate surface area is 115 Å². The van der Waals surface area contributed by atoms with Gasteiger partial charge in [0.05, 0.1) is 5.69 Å². The molecule has 0 aliphatic rings. The maximum Gasteiger partial charge on any atom is 0.166 e. The summed E-state index contributed by atoms with van der Waals surface area (Å²) in [5.74, 6) is 0. The van der Waals surface area contributed by atoms with Crippen LogP contribution in [-0.2, 0) is 6.54 Å². The first kappa shape index (κ1) is 15.0. The average molecular weight is 268 g/mol. The van der Waals surface area contributed by atoms with E-state index in [0.29, 0.717) is 6.04 Å². The number of aromatic nitrogens is 2. The van der Waals surface area contributed by atoms with Crippen molar-refractivity contribution >= 4 is 17.3 Å². The molecule has 0 aliphatic heterocycles. The van der Waals surface area contributed by atoms with E-state index in [9.17, 15) is 0 Å². The van der Waals surface area contributed by atoms with Gasteiger partial charge in [0.25, 0.3) is 0 Å². The Bertz CT molecular complexity index is 386. The van der Waals surface area contributed by atoms with Crippen LogP contribution in [0.2, 0.25) is 0 Å². The minimum absolute atomic E-state index is 0.431. The van der Waals surface area contributed by atoms with E-state index in [0.717, 1.165) is 36.7 Å². The molecule has 1 heterocycles. The van der Waals surface area contributed by atoms with Gasteiger partial charge in [-0.05, 0) is 51.9 Å². The number of aryl methyl sites for hydroxylation is 3. The normalized spacial score (nSPS) is 12.2. The molecule has 1 aromatic rings. The van der Waals surface area contributed by atoms with Crippen molar-refractivity contribution in [1.29, 1.82) is 0 Å². The van der Waals surface area contributed by atoms with Gasteiger partial charge in [0, 0.05) is 24.8 Å². The first-order valence-corrected chi connectivity index (χ1v) is 6.99. The molecule has 1 rings (SSSR count). The third-order valence-corrected chi connectivity index (χ3v) is 3.19. The molecule has 102 valence electrons. The SMILES string of the molecule is CCC(C)NC(=S)NCCCn1nc(C)cc1C. The van der Waals surface area contributed by atoms with Crippen molar-refractivity contribution < 1.29 is 0 Å². The number of hydrogen-bond acceptors (Lipinski definition) is 2. The number of thiocarbonyl (C=S) groups is 1. The van der Waals surface area contributed by atoms with Crippen molar-refractivity contribution in [3.05, 3.63) is 17.5 Å². The lowest BCUT2D eigenvalue weighted by atomic mass is 10.3. The summed E-state index contributed by atoms with van der Waals surface area (Å²) in [6.07, 6.45) is 2.10. The molecule has 0 bridgehead atoms. The van der Waals surface area contributed by atoms with E-state index < -0.39 is 0 Å². The molecule has 0 saturated carbocycles. The van der Waals surface area contributed by atoms with Crippen molar-refractivity contribution in [3.63, 3.8) is 0 Å². The molecule has 0 aromatic carbocycles. The molecule has 1 atom stereocenters. The zero-order chi connectivity index (χ0) is 13.5. The molecule has 2 N–H and O–H groups in total. The molecule has 0 aliphatic carbocycles. The molecular weight excluding hydrogens is 244 g/mol. The van der Waals surface area contributed by atoms with E-state index in [1.807, 2.05) is 11.6 Å². The van der Waals surface area contributed by atoms with Gasteiger partial charge in [-0.2, -0.15) is 5.10 Å². The molecule has 4 nitrogen and oxygen atoms in total. The summed E-state index contributed by atoms with van der Waals surface area (Å²) < 4.78 is 2.04. The monoisotopic (exact) mass is 268 g/mol. The third-order valence-electron chi connectivity index (χ3n) is 2.93. The van der Waals surface area contributed by atoms with Gasteiger partial charge in [0.1, 0.15) is 0 Å². The summed E-state index contributed by atoms with van der Waals surface area (Å²) in [4.78, 5) is 0. The Kier molecular flexibility index (Phi) is 6.12. The minimum atomic E-state index is 0.431. The Morgan fingerprint density at radius 1 is 1.50 bits per heavy atom. The van der Waals surface area contributed by atoms with Crippen LogP contribution in [0.1, 0.15) is 38.1 Å². The van der Waals surface area contributed by atoms with E-state index in [2.05, 4.69) is 42.6 Å². The van der Waals surface area contributed by atoms with Crippen molar-refractivity contribution in [2.24, 2.45) is 0 Å². The van der Waals surface area contributed by atoms with Crippen molar-refractivity contribution in [3.8, 4) is 0 Å². The standard InChI is InChI=1S/C13H24N4S/c1-5-10(2)15-13(18)14-7-6-8-17-12(4)9-11(3)16-17/h9-10H,5-8H2,1-4H3,(H2,14,15,18). The molecular formula is C13H24N4S. The molecule has 1 unspecified atom stereocenters. The van der Waals surface area contributed by atoms with E-state index in [4.69, 9.17) is 12.2 Å². The maximum absolute atomic E-state index is 5.21. The minimum Gasteiger partial charge on any atom is -0.363 e. The van der Waals surface area contributed by atoms with Gasteiger partial charge >= 0.3 is 0 Å². The van der Waals surface area contributed by atoms with Crippen LogP contribution in [0.15, 0.2) is 6.07 Å². The highest BCUT2D eigenvalue weighted by Crippen LogP contribution is 2.02. The fraction of sp³-hybridized carbons (Fsp3) is 0.692. The Balaban J connectivity index is 2.19. The molecule has 0 spiro atoms. The van der Waals surface area contributed by atoms with Gasteiger partial charge in [-0.15, -0.1) is 0 Å². The van der Waals surface area contributed by atoms with Crippen molar-refractivity contribution in [2.45, 2.75) is 53.1 Å². The van der Waals surface area contributed by atoms with Gasteiger partial charge in [-0.3, -0.25) is 4.68 Å². The van der Waals surface area contributed by atoms with E-state index >= 15 is 0 Å². The summed E-state index contributed by atoms with van der Waals surface area (Å²) in [6, 6.07) is 2.53. The van der Waals surface area contributed by atoms with Crippen LogP contribution in [0.4, 0.5) is 0 Å². The fourth-order valence-corrected chi connectivity index (χ4v) is 2.01. The van der Waals surface area contributed by atoms with Crippen LogP contribution in [0.3, 0.4) is 0 Å². The second kappa shape index (κ2) is 7.36. The molecule has 1 aromatic heterocycles. The number of rotatable bonds is 6. The van der Waals surface area contributed by atoms with Crippen molar-refractivity contribution in [2.75, 3.05) is 6.54 Å². The summed E-state index contributed by atoms with van der Waals surface area (Å²) >= 11 is 5.21. The molecule has 18 heavy (non-hydrogen) atoms. The van der Waals surface area contributed by atoms with Crippen LogP contribution in [0.25, 0.3) is 0 Å². The fourth-order valence-electron chi connectivity index (χ4n) is 1.71. The van der Waals surface area contributed by atoms with E-state index in [-0.39, 0.29) is 0 Å². The molecule has 0 saturated heterocycles. The maximum atomic E-state index is 5.21. The summed E-state index contributed by atoms with van der Waals surface area (Å²) in [5, 5.41) is 11.6. The average Bonchev–Trinajstić information content (AvgIpc) is 2.63. The van der Waals surface area contributed by atoms with Gasteiger partial charge in [-0.25, -0.2) is 0 Å². The first-order valence-electron chi connectivity index (χ1n) is 6.58. The van der Waals surface area contributed by atoms with Gasteiger partial charge < -0.3 is 10.6 Å². The number of nitrogens with zero attached hydrogens (tertiary/aromatic N) is 2. The predicted molar refractivity (Wildman–Crippen MR) is 79.8 cm³/mol. The summed E-state index contributed by atoms with van der Waals surface area (Å²) in [7, 11) is 0. The highest BCUT2D eigenvalue weighted by atomic mass is 32.1. The largest absolute Gasteiger partial charge is 0.363 e. The van der Waals surface area contributed by atoms with Crippen LogP contribution >= 0.6 is 12.2 Å². The smallest absolute Gasteiger partial charge is 0.166 e. The summed E-state index contributed by atoms with van der Waals surface area (Å²) in [6.45, 7) is 10.2. The highest BCUT2D eigenvalue weighted by Gasteiger charge is 2.02. The quantitative estimate of drug-likeness (QED) is 0.613. The second-order valence-corrected chi connectivity index (χ2v) is 5.12. The first-order chi connectivity index (χ1) is 8.52. The number of nitrogens with one attached hydrogen (secondary N) is 2. The topological polar surface area (TPSA) is 41.9 Å². The Hall–Kier alpha value is -1.10. The van der Waals surface area contributed by atoms with Crippen LogP contribution in [0.5, 0.6) is 0 Å². The van der Waals surface area contributed by atoms with Gasteiger partial charge in [0.2, 0.25) is 0 Å². The third kappa shape index (κ3) is 5.04. The Morgan fingerprint density at radius 3 is 2.78 bits per heavy atom. The Morgan fingerprint density at radius 2 is 2.22 bits per heavy atom.